The third kappa shape index (κ3) is 4.04. The molecule has 0 spiro atoms. The quantitative estimate of drug-likeness (QED) is 0.300. The average molecular weight is 364 g/mol. The Kier molecular flexibility index (Phi) is 6.24. The number of aryl methyl sites for hydroxylation is 1. The van der Waals surface area contributed by atoms with Crippen LogP contribution >= 0.6 is 22.6 Å². The van der Waals surface area contributed by atoms with Gasteiger partial charge in [-0.3, -0.25) is 0 Å². The second-order valence-electron chi connectivity index (χ2n) is 4.13. The first-order valence-electron chi connectivity index (χ1n) is 5.91. The van der Waals surface area contributed by atoms with Crippen LogP contribution in [0.25, 0.3) is 0 Å². The Morgan fingerprint density at radius 2 is 1.78 bits per heavy atom. The molecule has 3 N–H and O–H groups in total. The number of phenols is 2. The van der Waals surface area contributed by atoms with Gasteiger partial charge >= 0.3 is 5.97 Å². The lowest BCUT2D eigenvalue weighted by molar-refractivity contribution is 0.0691. The summed E-state index contributed by atoms with van der Waals surface area (Å²) < 4.78 is 1.14. The number of benzene rings is 1. The maximum Gasteiger partial charge on any atom is 0.339 e. The first kappa shape index (κ1) is 15.1. The SMILES string of the molecule is O=C(O)c1c(CCCCCCI)ccc(O)c1O. The number of halogens is 1. The Balaban J connectivity index is 2.70. The molecule has 0 amide bonds. The van der Waals surface area contributed by atoms with E-state index in [2.05, 4.69) is 22.6 Å². The van der Waals surface area contributed by atoms with Gasteiger partial charge in [-0.1, -0.05) is 41.5 Å². The number of rotatable bonds is 7. The van der Waals surface area contributed by atoms with E-state index in [1.807, 2.05) is 0 Å². The maximum atomic E-state index is 11.1. The monoisotopic (exact) mass is 364 g/mol. The number of carbonyl (C=O) groups is 1. The molecule has 0 heterocycles. The van der Waals surface area contributed by atoms with Crippen LogP contribution in [0.2, 0.25) is 0 Å². The van der Waals surface area contributed by atoms with Gasteiger partial charge in [-0.25, -0.2) is 4.79 Å². The van der Waals surface area contributed by atoms with E-state index in [1.54, 1.807) is 6.07 Å². The fraction of sp³-hybridized carbons (Fsp3) is 0.462. The lowest BCUT2D eigenvalue weighted by atomic mass is 9.99. The zero-order valence-electron chi connectivity index (χ0n) is 10.0. The van der Waals surface area contributed by atoms with Crippen molar-refractivity contribution in [3.63, 3.8) is 0 Å². The maximum absolute atomic E-state index is 11.1. The molecule has 5 heteroatoms. The highest BCUT2D eigenvalue weighted by Gasteiger charge is 2.18. The van der Waals surface area contributed by atoms with E-state index in [0.29, 0.717) is 12.0 Å². The van der Waals surface area contributed by atoms with Crippen molar-refractivity contribution in [1.82, 2.24) is 0 Å². The van der Waals surface area contributed by atoms with Crippen molar-refractivity contribution in [2.75, 3.05) is 4.43 Å². The molecule has 0 aliphatic carbocycles. The van der Waals surface area contributed by atoms with Crippen LogP contribution in [0.3, 0.4) is 0 Å². The van der Waals surface area contributed by atoms with E-state index in [4.69, 9.17) is 5.11 Å². The Morgan fingerprint density at radius 3 is 2.39 bits per heavy atom. The van der Waals surface area contributed by atoms with Crippen LogP contribution in [0.15, 0.2) is 12.1 Å². The zero-order chi connectivity index (χ0) is 13.5. The van der Waals surface area contributed by atoms with Crippen LogP contribution in [0, 0.1) is 0 Å². The number of carboxylic acid groups (broad SMARTS) is 1. The molecule has 0 atom stereocenters. The lowest BCUT2D eigenvalue weighted by Gasteiger charge is -2.09. The van der Waals surface area contributed by atoms with E-state index in [9.17, 15) is 15.0 Å². The van der Waals surface area contributed by atoms with Gasteiger partial charge in [0.1, 0.15) is 5.56 Å². The van der Waals surface area contributed by atoms with E-state index in [-0.39, 0.29) is 11.3 Å². The molecule has 100 valence electrons. The Hall–Kier alpha value is -0.980. The van der Waals surface area contributed by atoms with Crippen molar-refractivity contribution >= 4 is 28.6 Å². The minimum atomic E-state index is -1.20. The van der Waals surface area contributed by atoms with Gasteiger partial charge in [0.2, 0.25) is 0 Å². The van der Waals surface area contributed by atoms with Crippen LogP contribution < -0.4 is 0 Å². The molecule has 1 aromatic carbocycles. The highest BCUT2D eigenvalue weighted by molar-refractivity contribution is 14.1. The molecule has 1 aromatic rings. The molecule has 0 saturated heterocycles. The summed E-state index contributed by atoms with van der Waals surface area (Å²) in [6.45, 7) is 0. The average Bonchev–Trinajstić information content (AvgIpc) is 2.33. The topological polar surface area (TPSA) is 77.8 Å². The molecule has 4 nitrogen and oxygen atoms in total. The van der Waals surface area contributed by atoms with Crippen molar-refractivity contribution < 1.29 is 20.1 Å². The highest BCUT2D eigenvalue weighted by Crippen LogP contribution is 2.32. The van der Waals surface area contributed by atoms with Crippen LogP contribution in [-0.2, 0) is 6.42 Å². The number of phenolic OH excluding ortho intramolecular Hbond substituents is 1. The van der Waals surface area contributed by atoms with Gasteiger partial charge in [0.25, 0.3) is 0 Å². The van der Waals surface area contributed by atoms with Crippen LogP contribution in [0.1, 0.15) is 41.6 Å². The molecular weight excluding hydrogens is 347 g/mol. The molecule has 0 aliphatic rings. The van der Waals surface area contributed by atoms with Crippen molar-refractivity contribution in [3.8, 4) is 11.5 Å². The number of alkyl halides is 1. The van der Waals surface area contributed by atoms with Crippen molar-refractivity contribution in [3.05, 3.63) is 23.3 Å². The van der Waals surface area contributed by atoms with E-state index >= 15 is 0 Å². The van der Waals surface area contributed by atoms with Crippen molar-refractivity contribution in [2.24, 2.45) is 0 Å². The number of hydrogen-bond donors (Lipinski definition) is 3. The standard InChI is InChI=1S/C13H17IO4/c14-8-4-2-1-3-5-9-6-7-10(15)12(16)11(9)13(17)18/h6-7,15-16H,1-5,8H2,(H,17,18). The van der Waals surface area contributed by atoms with Gasteiger partial charge in [-0.15, -0.1) is 0 Å². The molecule has 0 aliphatic heterocycles. The summed E-state index contributed by atoms with van der Waals surface area (Å²) in [7, 11) is 0. The van der Waals surface area contributed by atoms with Crippen molar-refractivity contribution in [2.45, 2.75) is 32.1 Å². The third-order valence-electron chi connectivity index (χ3n) is 2.79. The highest BCUT2D eigenvalue weighted by atomic mass is 127. The molecular formula is C13H17IO4. The summed E-state index contributed by atoms with van der Waals surface area (Å²) >= 11 is 2.33. The molecule has 1 rings (SSSR count). The fourth-order valence-electron chi connectivity index (χ4n) is 1.83. The Labute approximate surface area is 120 Å². The number of unbranched alkanes of at least 4 members (excludes halogenated alkanes) is 3. The summed E-state index contributed by atoms with van der Waals surface area (Å²) in [6, 6.07) is 2.90. The predicted octanol–water partition coefficient (Wildman–Crippen LogP) is 3.33. The van der Waals surface area contributed by atoms with Crippen LogP contribution in [0.5, 0.6) is 11.5 Å². The number of aromatic carboxylic acids is 1. The van der Waals surface area contributed by atoms with Crippen LogP contribution in [-0.4, -0.2) is 25.7 Å². The van der Waals surface area contributed by atoms with E-state index in [0.717, 1.165) is 23.7 Å². The molecule has 0 unspecified atom stereocenters. The molecule has 0 radical (unpaired) electrons. The minimum Gasteiger partial charge on any atom is -0.504 e. The zero-order valence-corrected chi connectivity index (χ0v) is 12.2. The fourth-order valence-corrected chi connectivity index (χ4v) is 2.37. The summed E-state index contributed by atoms with van der Waals surface area (Å²) in [6.07, 6.45) is 4.85. The normalized spacial score (nSPS) is 10.5. The van der Waals surface area contributed by atoms with Gasteiger partial charge in [-0.05, 0) is 35.3 Å². The molecule has 0 aromatic heterocycles. The summed E-state index contributed by atoms with van der Waals surface area (Å²) in [5.41, 5.74) is 0.399. The predicted molar refractivity (Wildman–Crippen MR) is 77.8 cm³/mol. The largest absolute Gasteiger partial charge is 0.504 e. The van der Waals surface area contributed by atoms with Gasteiger partial charge in [0.05, 0.1) is 0 Å². The lowest BCUT2D eigenvalue weighted by Crippen LogP contribution is -2.03. The Morgan fingerprint density at radius 1 is 1.11 bits per heavy atom. The van der Waals surface area contributed by atoms with Crippen LogP contribution in [0.4, 0.5) is 0 Å². The van der Waals surface area contributed by atoms with Gasteiger partial charge in [-0.2, -0.15) is 0 Å². The summed E-state index contributed by atoms with van der Waals surface area (Å²) in [5.74, 6) is -2.13. The number of carboxylic acids is 1. The van der Waals surface area contributed by atoms with E-state index < -0.39 is 11.7 Å². The van der Waals surface area contributed by atoms with Gasteiger partial charge in [0, 0.05) is 0 Å². The minimum absolute atomic E-state index is 0.177. The first-order chi connectivity index (χ1) is 8.57. The molecule has 18 heavy (non-hydrogen) atoms. The van der Waals surface area contributed by atoms with E-state index in [1.165, 1.54) is 12.5 Å². The number of hydrogen-bond acceptors (Lipinski definition) is 3. The van der Waals surface area contributed by atoms with Gasteiger partial charge < -0.3 is 15.3 Å². The van der Waals surface area contributed by atoms with Gasteiger partial charge in [0.15, 0.2) is 11.5 Å². The first-order valence-corrected chi connectivity index (χ1v) is 7.43. The number of aromatic hydroxyl groups is 2. The summed E-state index contributed by atoms with van der Waals surface area (Å²) in [4.78, 5) is 11.1. The Bertz CT molecular complexity index is 418. The second kappa shape index (κ2) is 7.45. The summed E-state index contributed by atoms with van der Waals surface area (Å²) in [5, 5.41) is 27.9. The molecule has 0 saturated carbocycles. The second-order valence-corrected chi connectivity index (χ2v) is 5.20. The van der Waals surface area contributed by atoms with Crippen molar-refractivity contribution in [1.29, 1.82) is 0 Å². The smallest absolute Gasteiger partial charge is 0.339 e. The molecule has 0 fully saturated rings. The molecule has 0 bridgehead atoms. The third-order valence-corrected chi connectivity index (χ3v) is 3.55.